The second-order valence-corrected chi connectivity index (χ2v) is 5.24. The number of carbonyl (C=O) groups excluding carboxylic acids is 1. The maximum Gasteiger partial charge on any atom is 0.260 e. The molecule has 1 amide bonds. The second kappa shape index (κ2) is 7.29. The van der Waals surface area contributed by atoms with Crippen LogP contribution in [0.2, 0.25) is 0 Å². The Bertz CT molecular complexity index is 422. The van der Waals surface area contributed by atoms with Crippen LogP contribution in [0.3, 0.4) is 0 Å². The van der Waals surface area contributed by atoms with E-state index in [2.05, 4.69) is 17.1 Å². The fourth-order valence-corrected chi connectivity index (χ4v) is 2.66. The molecular weight excluding hydrogens is 252 g/mol. The molecule has 0 bridgehead atoms. The number of hydrogen-bond donors (Lipinski definition) is 1. The molecule has 1 aliphatic heterocycles. The number of benzene rings is 1. The largest absolute Gasteiger partial charge is 0.481 e. The topological polar surface area (TPSA) is 41.6 Å². The Morgan fingerprint density at radius 1 is 1.45 bits per heavy atom. The summed E-state index contributed by atoms with van der Waals surface area (Å²) in [5.41, 5.74) is 0. The van der Waals surface area contributed by atoms with Crippen molar-refractivity contribution in [3.63, 3.8) is 0 Å². The van der Waals surface area contributed by atoms with Crippen molar-refractivity contribution >= 4 is 5.91 Å². The van der Waals surface area contributed by atoms with E-state index in [0.717, 1.165) is 25.4 Å². The van der Waals surface area contributed by atoms with Crippen LogP contribution in [-0.4, -0.2) is 42.6 Å². The molecule has 1 fully saturated rings. The van der Waals surface area contributed by atoms with Gasteiger partial charge in [0.2, 0.25) is 0 Å². The Hall–Kier alpha value is -1.55. The Kier molecular flexibility index (Phi) is 5.41. The number of para-hydroxylation sites is 1. The summed E-state index contributed by atoms with van der Waals surface area (Å²) in [7, 11) is 0. The first-order chi connectivity index (χ1) is 9.70. The van der Waals surface area contributed by atoms with E-state index in [9.17, 15) is 4.79 Å². The van der Waals surface area contributed by atoms with Gasteiger partial charge in [0.15, 0.2) is 6.10 Å². The highest BCUT2D eigenvalue weighted by molar-refractivity contribution is 5.80. The van der Waals surface area contributed by atoms with Gasteiger partial charge in [-0.15, -0.1) is 0 Å². The van der Waals surface area contributed by atoms with Crippen LogP contribution in [0.4, 0.5) is 0 Å². The fraction of sp³-hybridized carbons (Fsp3) is 0.562. The maximum absolute atomic E-state index is 12.0. The highest BCUT2D eigenvalue weighted by Gasteiger charge is 2.24. The zero-order chi connectivity index (χ0) is 14.4. The number of rotatable bonds is 6. The van der Waals surface area contributed by atoms with Gasteiger partial charge >= 0.3 is 0 Å². The maximum atomic E-state index is 12.0. The van der Waals surface area contributed by atoms with Crippen LogP contribution in [0.5, 0.6) is 5.75 Å². The third kappa shape index (κ3) is 3.97. The molecular formula is C16H24N2O2. The number of likely N-dealkylation sites (tertiary alicyclic amines) is 1. The molecule has 0 spiro atoms. The van der Waals surface area contributed by atoms with E-state index in [-0.39, 0.29) is 5.91 Å². The van der Waals surface area contributed by atoms with E-state index in [1.54, 1.807) is 6.92 Å². The molecule has 110 valence electrons. The summed E-state index contributed by atoms with van der Waals surface area (Å²) in [4.78, 5) is 14.5. The average Bonchev–Trinajstić information content (AvgIpc) is 2.93. The zero-order valence-corrected chi connectivity index (χ0v) is 12.3. The van der Waals surface area contributed by atoms with Crippen molar-refractivity contribution in [3.05, 3.63) is 30.3 Å². The molecule has 2 rings (SSSR count). The summed E-state index contributed by atoms with van der Waals surface area (Å²) in [5.74, 6) is 0.683. The lowest BCUT2D eigenvalue weighted by molar-refractivity contribution is -0.127. The molecule has 1 N–H and O–H groups in total. The molecule has 1 heterocycles. The molecule has 1 aliphatic rings. The van der Waals surface area contributed by atoms with Crippen LogP contribution in [0.25, 0.3) is 0 Å². The van der Waals surface area contributed by atoms with Gasteiger partial charge in [-0.2, -0.15) is 0 Å². The minimum absolute atomic E-state index is 0.0446. The van der Waals surface area contributed by atoms with Crippen LogP contribution in [0, 0.1) is 0 Å². The fourth-order valence-electron chi connectivity index (χ4n) is 2.66. The monoisotopic (exact) mass is 276 g/mol. The van der Waals surface area contributed by atoms with Gasteiger partial charge in [-0.05, 0) is 45.0 Å². The minimum Gasteiger partial charge on any atom is -0.481 e. The summed E-state index contributed by atoms with van der Waals surface area (Å²) in [6.07, 6.45) is 1.93. The normalized spacial score (nSPS) is 20.6. The highest BCUT2D eigenvalue weighted by Crippen LogP contribution is 2.16. The minimum atomic E-state index is -0.464. The molecule has 1 aromatic carbocycles. The van der Waals surface area contributed by atoms with Gasteiger partial charge < -0.3 is 10.1 Å². The average molecular weight is 276 g/mol. The number of carbonyl (C=O) groups is 1. The molecule has 20 heavy (non-hydrogen) atoms. The number of ether oxygens (including phenoxy) is 1. The van der Waals surface area contributed by atoms with Gasteiger partial charge in [0.1, 0.15) is 5.75 Å². The van der Waals surface area contributed by atoms with Gasteiger partial charge in [0, 0.05) is 12.6 Å². The molecule has 0 aliphatic carbocycles. The first-order valence-corrected chi connectivity index (χ1v) is 7.44. The van der Waals surface area contributed by atoms with Gasteiger partial charge in [-0.3, -0.25) is 9.69 Å². The molecule has 4 heteroatoms. The van der Waals surface area contributed by atoms with Crippen LogP contribution in [0.1, 0.15) is 26.7 Å². The van der Waals surface area contributed by atoms with Crippen LogP contribution >= 0.6 is 0 Å². The predicted octanol–water partition coefficient (Wildman–Crippen LogP) is 2.05. The third-order valence-corrected chi connectivity index (χ3v) is 3.84. The number of likely N-dealkylation sites (N-methyl/N-ethyl adjacent to an activating group) is 1. The summed E-state index contributed by atoms with van der Waals surface area (Å²) in [5, 5.41) is 3.00. The van der Waals surface area contributed by atoms with Crippen molar-refractivity contribution in [2.24, 2.45) is 0 Å². The third-order valence-electron chi connectivity index (χ3n) is 3.84. The molecule has 0 saturated carbocycles. The van der Waals surface area contributed by atoms with Gasteiger partial charge in [0.05, 0.1) is 0 Å². The summed E-state index contributed by atoms with van der Waals surface area (Å²) in [6, 6.07) is 9.93. The summed E-state index contributed by atoms with van der Waals surface area (Å²) < 4.78 is 5.62. The van der Waals surface area contributed by atoms with Gasteiger partial charge in [-0.25, -0.2) is 0 Å². The Balaban J connectivity index is 1.77. The van der Waals surface area contributed by atoms with Gasteiger partial charge in [0.25, 0.3) is 5.91 Å². The zero-order valence-electron chi connectivity index (χ0n) is 12.3. The Labute approximate surface area is 121 Å². The van der Waals surface area contributed by atoms with E-state index in [4.69, 9.17) is 4.74 Å². The van der Waals surface area contributed by atoms with Gasteiger partial charge in [-0.1, -0.05) is 25.1 Å². The van der Waals surface area contributed by atoms with E-state index >= 15 is 0 Å². The van der Waals surface area contributed by atoms with E-state index in [1.807, 2.05) is 30.3 Å². The molecule has 0 radical (unpaired) electrons. The quantitative estimate of drug-likeness (QED) is 0.864. The Morgan fingerprint density at radius 2 is 2.20 bits per heavy atom. The Morgan fingerprint density at radius 3 is 2.90 bits per heavy atom. The van der Waals surface area contributed by atoms with Crippen molar-refractivity contribution in [3.8, 4) is 5.75 Å². The van der Waals surface area contributed by atoms with E-state index in [0.29, 0.717) is 6.04 Å². The highest BCUT2D eigenvalue weighted by atomic mass is 16.5. The number of nitrogens with zero attached hydrogens (tertiary/aromatic N) is 1. The number of amides is 1. The first-order valence-electron chi connectivity index (χ1n) is 7.44. The van der Waals surface area contributed by atoms with E-state index < -0.39 is 6.10 Å². The number of nitrogens with one attached hydrogen (secondary N) is 1. The molecule has 4 nitrogen and oxygen atoms in total. The van der Waals surface area contributed by atoms with Crippen molar-refractivity contribution in [2.45, 2.75) is 38.8 Å². The molecule has 2 atom stereocenters. The molecule has 0 unspecified atom stereocenters. The van der Waals surface area contributed by atoms with Crippen molar-refractivity contribution in [2.75, 3.05) is 19.6 Å². The summed E-state index contributed by atoms with van der Waals surface area (Å²) >= 11 is 0. The SMILES string of the molecule is CCN1CCC[C@H]1CNC(=O)[C@@H](C)Oc1ccccc1. The van der Waals surface area contributed by atoms with Crippen LogP contribution in [-0.2, 0) is 4.79 Å². The van der Waals surface area contributed by atoms with Crippen LogP contribution < -0.4 is 10.1 Å². The smallest absolute Gasteiger partial charge is 0.260 e. The molecule has 1 aromatic rings. The first kappa shape index (κ1) is 14.9. The van der Waals surface area contributed by atoms with E-state index in [1.165, 1.54) is 12.8 Å². The lowest BCUT2D eigenvalue weighted by atomic mass is 10.2. The van der Waals surface area contributed by atoms with Crippen molar-refractivity contribution < 1.29 is 9.53 Å². The van der Waals surface area contributed by atoms with Crippen molar-refractivity contribution in [1.82, 2.24) is 10.2 Å². The molecule has 1 saturated heterocycles. The number of hydrogen-bond acceptors (Lipinski definition) is 3. The lowest BCUT2D eigenvalue weighted by Gasteiger charge is -2.23. The van der Waals surface area contributed by atoms with Crippen LogP contribution in [0.15, 0.2) is 30.3 Å². The summed E-state index contributed by atoms with van der Waals surface area (Å²) in [6.45, 7) is 6.87. The standard InChI is InChI=1S/C16H24N2O2/c1-3-18-11-7-8-14(18)12-17-16(19)13(2)20-15-9-5-4-6-10-15/h4-6,9-10,13-14H,3,7-8,11-12H2,1-2H3,(H,17,19)/t13-,14+/m1/s1. The predicted molar refractivity (Wildman–Crippen MR) is 79.8 cm³/mol. The molecule has 0 aromatic heterocycles. The second-order valence-electron chi connectivity index (χ2n) is 5.24. The lowest BCUT2D eigenvalue weighted by Crippen LogP contribution is -2.44. The van der Waals surface area contributed by atoms with Crippen molar-refractivity contribution in [1.29, 1.82) is 0 Å².